The lowest BCUT2D eigenvalue weighted by molar-refractivity contribution is 0.618. The van der Waals surface area contributed by atoms with Crippen molar-refractivity contribution in [2.24, 2.45) is 0 Å². The Morgan fingerprint density at radius 3 is 2.14 bits per heavy atom. The van der Waals surface area contributed by atoms with E-state index < -0.39 is 0 Å². The van der Waals surface area contributed by atoms with Gasteiger partial charge in [-0.05, 0) is 12.1 Å². The topological polar surface area (TPSA) is 54.5 Å². The van der Waals surface area contributed by atoms with E-state index in [1.807, 2.05) is 6.07 Å². The van der Waals surface area contributed by atoms with Gasteiger partial charge in [-0.1, -0.05) is 23.2 Å². The second-order valence-corrected chi connectivity index (χ2v) is 3.46. The van der Waals surface area contributed by atoms with E-state index in [4.69, 9.17) is 28.5 Å². The molecule has 0 fully saturated rings. The third-order valence-corrected chi connectivity index (χ3v) is 2.40. The Morgan fingerprint density at radius 2 is 1.71 bits per heavy atom. The molecule has 2 aromatic rings. The second-order valence-electron chi connectivity index (χ2n) is 2.64. The lowest BCUT2D eigenvalue weighted by atomic mass is 10.3. The maximum Gasteiger partial charge on any atom is 0.147 e. The molecular weight excluding hydrogens is 223 g/mol. The lowest BCUT2D eigenvalue weighted by Crippen LogP contribution is -1.98. The summed E-state index contributed by atoms with van der Waals surface area (Å²) in [5.74, 6) is 0. The average Bonchev–Trinajstić information content (AvgIpc) is 2.48. The Morgan fingerprint density at radius 1 is 1.21 bits per heavy atom. The molecule has 0 saturated heterocycles. The number of benzene rings is 1. The molecular formula is C8H4Cl2N4. The van der Waals surface area contributed by atoms with Crippen LogP contribution in [0.2, 0.25) is 10.0 Å². The Bertz CT molecular complexity index is 487. The second kappa shape index (κ2) is 3.45. The van der Waals surface area contributed by atoms with Crippen LogP contribution in [-0.4, -0.2) is 15.0 Å². The highest BCUT2D eigenvalue weighted by Crippen LogP contribution is 2.25. The molecule has 1 heterocycles. The highest BCUT2D eigenvalue weighted by Gasteiger charge is 2.06. The van der Waals surface area contributed by atoms with Crippen molar-refractivity contribution < 1.29 is 0 Å². The molecule has 1 aromatic heterocycles. The van der Waals surface area contributed by atoms with Gasteiger partial charge in [-0.2, -0.15) is 20.3 Å². The summed E-state index contributed by atoms with van der Waals surface area (Å²) in [6, 6.07) is 5.20. The van der Waals surface area contributed by atoms with Crippen molar-refractivity contribution in [3.8, 4) is 6.07 Å². The number of aromatic nitrogens is 3. The van der Waals surface area contributed by atoms with E-state index in [0.29, 0.717) is 21.1 Å². The van der Waals surface area contributed by atoms with Gasteiger partial charge in [0.05, 0.1) is 16.1 Å². The van der Waals surface area contributed by atoms with Crippen molar-refractivity contribution in [1.29, 1.82) is 5.26 Å². The van der Waals surface area contributed by atoms with Crippen LogP contribution in [0.4, 0.5) is 0 Å². The number of halogens is 2. The van der Waals surface area contributed by atoms with Crippen LogP contribution in [0.5, 0.6) is 0 Å². The van der Waals surface area contributed by atoms with Crippen molar-refractivity contribution in [1.82, 2.24) is 15.0 Å². The number of nitrogens with zero attached hydrogens (tertiary/aromatic N) is 4. The van der Waals surface area contributed by atoms with Crippen molar-refractivity contribution in [2.75, 3.05) is 0 Å². The fourth-order valence-corrected chi connectivity index (χ4v) is 1.41. The first-order valence-electron chi connectivity index (χ1n) is 3.77. The molecule has 0 aliphatic carbocycles. The summed E-state index contributed by atoms with van der Waals surface area (Å²) in [7, 11) is 0. The zero-order valence-electron chi connectivity index (χ0n) is 6.91. The molecule has 0 aliphatic rings. The third-order valence-electron chi connectivity index (χ3n) is 1.68. The SMILES string of the molecule is N#CCn1nc2cc(Cl)c(Cl)cc2n1. The summed E-state index contributed by atoms with van der Waals surface area (Å²) < 4.78 is 0. The van der Waals surface area contributed by atoms with E-state index in [9.17, 15) is 0 Å². The number of rotatable bonds is 1. The van der Waals surface area contributed by atoms with E-state index >= 15 is 0 Å². The van der Waals surface area contributed by atoms with Crippen LogP contribution in [0.1, 0.15) is 0 Å². The largest absolute Gasteiger partial charge is 0.196 e. The number of hydrogen-bond donors (Lipinski definition) is 0. The molecule has 2 rings (SSSR count). The summed E-state index contributed by atoms with van der Waals surface area (Å²) in [5.41, 5.74) is 1.27. The van der Waals surface area contributed by atoms with Crippen LogP contribution in [0.3, 0.4) is 0 Å². The summed E-state index contributed by atoms with van der Waals surface area (Å²) in [4.78, 5) is 1.30. The summed E-state index contributed by atoms with van der Waals surface area (Å²) in [5, 5.41) is 17.4. The van der Waals surface area contributed by atoms with E-state index in [1.165, 1.54) is 4.80 Å². The lowest BCUT2D eigenvalue weighted by Gasteiger charge is -1.91. The smallest absolute Gasteiger partial charge is 0.147 e. The number of nitriles is 1. The minimum Gasteiger partial charge on any atom is -0.196 e. The first-order chi connectivity index (χ1) is 6.70. The van der Waals surface area contributed by atoms with Crippen LogP contribution in [0.15, 0.2) is 12.1 Å². The predicted molar refractivity (Wildman–Crippen MR) is 53.2 cm³/mol. The van der Waals surface area contributed by atoms with Crippen molar-refractivity contribution in [3.63, 3.8) is 0 Å². The van der Waals surface area contributed by atoms with Gasteiger partial charge < -0.3 is 0 Å². The fourth-order valence-electron chi connectivity index (χ4n) is 1.09. The average molecular weight is 227 g/mol. The van der Waals surface area contributed by atoms with E-state index in [-0.39, 0.29) is 6.54 Å². The standard InChI is InChI=1S/C8H4Cl2N4/c9-5-3-7-8(4-6(5)10)13-14(12-7)2-1-11/h3-4H,2H2. The molecule has 0 aliphatic heterocycles. The quantitative estimate of drug-likeness (QED) is 0.750. The molecule has 1 aromatic carbocycles. The molecule has 0 bridgehead atoms. The first-order valence-corrected chi connectivity index (χ1v) is 4.53. The van der Waals surface area contributed by atoms with Gasteiger partial charge in [0.1, 0.15) is 17.6 Å². The van der Waals surface area contributed by atoms with E-state index in [0.717, 1.165) is 0 Å². The van der Waals surface area contributed by atoms with Crippen molar-refractivity contribution in [3.05, 3.63) is 22.2 Å². The van der Waals surface area contributed by atoms with Crippen molar-refractivity contribution >= 4 is 34.2 Å². The Hall–Kier alpha value is -1.31. The molecule has 70 valence electrons. The highest BCUT2D eigenvalue weighted by atomic mass is 35.5. The van der Waals surface area contributed by atoms with E-state index in [1.54, 1.807) is 12.1 Å². The molecule has 0 spiro atoms. The third kappa shape index (κ3) is 1.52. The van der Waals surface area contributed by atoms with Crippen LogP contribution in [0.25, 0.3) is 11.0 Å². The zero-order chi connectivity index (χ0) is 10.1. The zero-order valence-corrected chi connectivity index (χ0v) is 8.42. The molecule has 0 saturated carbocycles. The van der Waals surface area contributed by atoms with Crippen LogP contribution in [-0.2, 0) is 6.54 Å². The molecule has 6 heteroatoms. The Labute approximate surface area is 89.6 Å². The van der Waals surface area contributed by atoms with E-state index in [2.05, 4.69) is 10.2 Å². The molecule has 0 radical (unpaired) electrons. The van der Waals surface area contributed by atoms with Gasteiger partial charge in [-0.25, -0.2) is 0 Å². The van der Waals surface area contributed by atoms with Gasteiger partial charge in [0.25, 0.3) is 0 Å². The van der Waals surface area contributed by atoms with Crippen LogP contribution in [0, 0.1) is 11.3 Å². The Kier molecular flexibility index (Phi) is 2.28. The van der Waals surface area contributed by atoms with Gasteiger partial charge in [0.2, 0.25) is 0 Å². The summed E-state index contributed by atoms with van der Waals surface area (Å²) in [6.07, 6.45) is 0. The van der Waals surface area contributed by atoms with Crippen LogP contribution < -0.4 is 0 Å². The van der Waals surface area contributed by atoms with Crippen LogP contribution >= 0.6 is 23.2 Å². The molecule has 0 unspecified atom stereocenters. The molecule has 0 N–H and O–H groups in total. The molecule has 14 heavy (non-hydrogen) atoms. The Balaban J connectivity index is 2.61. The van der Waals surface area contributed by atoms with Gasteiger partial charge in [0, 0.05) is 0 Å². The number of hydrogen-bond acceptors (Lipinski definition) is 3. The monoisotopic (exact) mass is 226 g/mol. The molecule has 0 amide bonds. The summed E-state index contributed by atoms with van der Waals surface area (Å²) >= 11 is 11.6. The van der Waals surface area contributed by atoms with Gasteiger partial charge in [0.15, 0.2) is 0 Å². The molecule has 0 atom stereocenters. The predicted octanol–water partition coefficient (Wildman–Crippen LogP) is 2.26. The maximum atomic E-state index is 8.45. The maximum absolute atomic E-state index is 8.45. The first kappa shape index (κ1) is 9.25. The molecule has 4 nitrogen and oxygen atoms in total. The normalized spacial score (nSPS) is 10.4. The van der Waals surface area contributed by atoms with Gasteiger partial charge in [-0.3, -0.25) is 0 Å². The van der Waals surface area contributed by atoms with Crippen molar-refractivity contribution in [2.45, 2.75) is 6.54 Å². The summed E-state index contributed by atoms with van der Waals surface area (Å²) in [6.45, 7) is 0.115. The minimum absolute atomic E-state index is 0.115. The van der Waals surface area contributed by atoms with Gasteiger partial charge >= 0.3 is 0 Å². The fraction of sp³-hybridized carbons (Fsp3) is 0.125. The number of fused-ring (bicyclic) bond motifs is 1. The van der Waals surface area contributed by atoms with Gasteiger partial charge in [-0.15, -0.1) is 0 Å². The highest BCUT2D eigenvalue weighted by molar-refractivity contribution is 6.42. The minimum atomic E-state index is 0.115.